The van der Waals surface area contributed by atoms with Gasteiger partial charge in [-0.25, -0.2) is 0 Å². The summed E-state index contributed by atoms with van der Waals surface area (Å²) in [6, 6.07) is 13.4. The Morgan fingerprint density at radius 2 is 1.48 bits per heavy atom. The summed E-state index contributed by atoms with van der Waals surface area (Å²) in [5, 5.41) is 3.02. The Morgan fingerprint density at radius 3 is 1.92 bits per heavy atom. The molecule has 0 aromatic heterocycles. The molecular weight excluding hydrogens is 314 g/mol. The molecule has 1 atom stereocenters. The average molecular weight is 341 g/mol. The van der Waals surface area contributed by atoms with Crippen molar-refractivity contribution < 1.29 is 14.3 Å². The molecule has 0 aliphatic rings. The lowest BCUT2D eigenvalue weighted by atomic mass is 9.86. The zero-order valence-electron chi connectivity index (χ0n) is 15.8. The maximum Gasteiger partial charge on any atom is 0.252 e. The molecule has 4 nitrogen and oxygen atoms in total. The third-order valence-corrected chi connectivity index (χ3v) is 4.24. The van der Waals surface area contributed by atoms with Crippen molar-refractivity contribution in [1.29, 1.82) is 0 Å². The quantitative estimate of drug-likeness (QED) is 0.871. The summed E-state index contributed by atoms with van der Waals surface area (Å²) in [5.74, 6) is 1.02. The highest BCUT2D eigenvalue weighted by molar-refractivity contribution is 5.95. The summed E-state index contributed by atoms with van der Waals surface area (Å²) in [4.78, 5) is 12.6. The monoisotopic (exact) mass is 341 g/mol. The average Bonchev–Trinajstić information content (AvgIpc) is 2.60. The lowest BCUT2D eigenvalue weighted by Gasteiger charge is -2.21. The molecule has 0 spiro atoms. The second-order valence-electron chi connectivity index (χ2n) is 7.17. The number of ether oxygens (including phenoxy) is 2. The van der Waals surface area contributed by atoms with Crippen LogP contribution < -0.4 is 14.8 Å². The van der Waals surface area contributed by atoms with Crippen molar-refractivity contribution in [2.75, 3.05) is 14.2 Å². The van der Waals surface area contributed by atoms with Gasteiger partial charge in [-0.3, -0.25) is 4.79 Å². The van der Waals surface area contributed by atoms with E-state index in [2.05, 4.69) is 50.4 Å². The van der Waals surface area contributed by atoms with Gasteiger partial charge in [-0.05, 0) is 35.6 Å². The fraction of sp³-hybridized carbons (Fsp3) is 0.381. The van der Waals surface area contributed by atoms with Gasteiger partial charge in [0, 0.05) is 11.6 Å². The first-order chi connectivity index (χ1) is 11.7. The predicted octanol–water partition coefficient (Wildman–Crippen LogP) is 4.49. The van der Waals surface area contributed by atoms with E-state index in [1.807, 2.05) is 6.92 Å². The van der Waals surface area contributed by atoms with Crippen molar-refractivity contribution in [2.24, 2.45) is 0 Å². The van der Waals surface area contributed by atoms with Crippen LogP contribution in [0.5, 0.6) is 11.5 Å². The summed E-state index contributed by atoms with van der Waals surface area (Å²) in [7, 11) is 3.13. The highest BCUT2D eigenvalue weighted by atomic mass is 16.5. The fourth-order valence-electron chi connectivity index (χ4n) is 2.57. The van der Waals surface area contributed by atoms with E-state index in [0.29, 0.717) is 17.1 Å². The lowest BCUT2D eigenvalue weighted by molar-refractivity contribution is 0.0939. The predicted molar refractivity (Wildman–Crippen MR) is 101 cm³/mol. The van der Waals surface area contributed by atoms with Crippen molar-refractivity contribution in [1.82, 2.24) is 5.32 Å². The van der Waals surface area contributed by atoms with Gasteiger partial charge in [0.15, 0.2) is 0 Å². The van der Waals surface area contributed by atoms with E-state index >= 15 is 0 Å². The minimum absolute atomic E-state index is 0.0984. The first-order valence-corrected chi connectivity index (χ1v) is 8.39. The number of hydrogen-bond donors (Lipinski definition) is 1. The third kappa shape index (κ3) is 4.75. The van der Waals surface area contributed by atoms with Crippen molar-refractivity contribution in [3.8, 4) is 11.5 Å². The topological polar surface area (TPSA) is 47.6 Å². The molecule has 2 rings (SSSR count). The smallest absolute Gasteiger partial charge is 0.252 e. The minimum atomic E-state index is -0.162. The van der Waals surface area contributed by atoms with E-state index < -0.39 is 0 Å². The fourth-order valence-corrected chi connectivity index (χ4v) is 2.57. The van der Waals surface area contributed by atoms with Gasteiger partial charge in [-0.2, -0.15) is 0 Å². The molecule has 2 aromatic carbocycles. The number of carbonyl (C=O) groups is 1. The SMILES string of the molecule is COc1cc(OC)cc(C(=O)N[C@@H](C)c2ccc(C(C)(C)C)cc2)c1. The van der Waals surface area contributed by atoms with Crippen LogP contribution >= 0.6 is 0 Å². The summed E-state index contributed by atoms with van der Waals surface area (Å²) in [6.45, 7) is 8.53. The second-order valence-corrected chi connectivity index (χ2v) is 7.17. The molecule has 0 aliphatic heterocycles. The summed E-state index contributed by atoms with van der Waals surface area (Å²) in [5.41, 5.74) is 2.96. The van der Waals surface area contributed by atoms with Gasteiger partial charge >= 0.3 is 0 Å². The number of benzene rings is 2. The van der Waals surface area contributed by atoms with Gasteiger partial charge in [0.25, 0.3) is 5.91 Å². The van der Waals surface area contributed by atoms with Gasteiger partial charge in [0.2, 0.25) is 0 Å². The number of nitrogens with one attached hydrogen (secondary N) is 1. The maximum absolute atomic E-state index is 12.6. The van der Waals surface area contributed by atoms with Crippen LogP contribution in [0.4, 0.5) is 0 Å². The molecule has 0 heterocycles. The van der Waals surface area contributed by atoms with E-state index in [-0.39, 0.29) is 17.4 Å². The first-order valence-electron chi connectivity index (χ1n) is 8.39. The molecule has 0 unspecified atom stereocenters. The molecule has 25 heavy (non-hydrogen) atoms. The number of methoxy groups -OCH3 is 2. The Kier molecular flexibility index (Phi) is 5.73. The molecule has 134 valence electrons. The van der Waals surface area contributed by atoms with Gasteiger partial charge in [0.1, 0.15) is 11.5 Å². The van der Waals surface area contributed by atoms with Gasteiger partial charge in [-0.15, -0.1) is 0 Å². The molecule has 1 N–H and O–H groups in total. The second kappa shape index (κ2) is 7.60. The number of amides is 1. The van der Waals surface area contributed by atoms with Crippen LogP contribution in [0.3, 0.4) is 0 Å². The molecule has 0 saturated heterocycles. The number of rotatable bonds is 5. The van der Waals surface area contributed by atoms with Crippen LogP contribution in [-0.4, -0.2) is 20.1 Å². The van der Waals surface area contributed by atoms with E-state index in [1.54, 1.807) is 32.4 Å². The standard InChI is InChI=1S/C21H27NO3/c1-14(15-7-9-17(10-8-15)21(2,3)4)22-20(23)16-11-18(24-5)13-19(12-16)25-6/h7-14H,1-6H3,(H,22,23)/t14-/m0/s1. The van der Waals surface area contributed by atoms with Crippen LogP contribution in [0.1, 0.15) is 55.2 Å². The summed E-state index contributed by atoms with van der Waals surface area (Å²) >= 11 is 0. The van der Waals surface area contributed by atoms with Crippen molar-refractivity contribution in [3.05, 3.63) is 59.2 Å². The number of carbonyl (C=O) groups excluding carboxylic acids is 1. The van der Waals surface area contributed by atoms with Crippen molar-refractivity contribution in [2.45, 2.75) is 39.2 Å². The highest BCUT2D eigenvalue weighted by Gasteiger charge is 2.16. The molecule has 0 saturated carbocycles. The van der Waals surface area contributed by atoms with Crippen LogP contribution in [-0.2, 0) is 5.41 Å². The largest absolute Gasteiger partial charge is 0.497 e. The van der Waals surface area contributed by atoms with E-state index in [4.69, 9.17) is 9.47 Å². The summed E-state index contributed by atoms with van der Waals surface area (Å²) < 4.78 is 10.4. The van der Waals surface area contributed by atoms with Gasteiger partial charge < -0.3 is 14.8 Å². The summed E-state index contributed by atoms with van der Waals surface area (Å²) in [6.07, 6.45) is 0. The van der Waals surface area contributed by atoms with E-state index in [0.717, 1.165) is 5.56 Å². The van der Waals surface area contributed by atoms with Gasteiger partial charge in [-0.1, -0.05) is 45.0 Å². The Morgan fingerprint density at radius 1 is 0.960 bits per heavy atom. The first kappa shape index (κ1) is 18.8. The molecule has 0 aliphatic carbocycles. The Bertz CT molecular complexity index is 708. The van der Waals surface area contributed by atoms with E-state index in [1.165, 1.54) is 5.56 Å². The Labute approximate surface area is 150 Å². The molecule has 0 radical (unpaired) electrons. The molecule has 0 fully saturated rings. The molecule has 1 amide bonds. The van der Waals surface area contributed by atoms with Crippen LogP contribution in [0, 0.1) is 0 Å². The molecule has 4 heteroatoms. The molecular formula is C21H27NO3. The van der Waals surface area contributed by atoms with Crippen LogP contribution in [0.25, 0.3) is 0 Å². The van der Waals surface area contributed by atoms with Crippen molar-refractivity contribution in [3.63, 3.8) is 0 Å². The number of hydrogen-bond acceptors (Lipinski definition) is 3. The minimum Gasteiger partial charge on any atom is -0.497 e. The van der Waals surface area contributed by atoms with Crippen LogP contribution in [0.2, 0.25) is 0 Å². The van der Waals surface area contributed by atoms with E-state index in [9.17, 15) is 4.79 Å². The Balaban J connectivity index is 2.14. The normalized spacial score (nSPS) is 12.4. The molecule has 0 bridgehead atoms. The highest BCUT2D eigenvalue weighted by Crippen LogP contribution is 2.25. The maximum atomic E-state index is 12.6. The zero-order valence-corrected chi connectivity index (χ0v) is 15.8. The molecule has 2 aromatic rings. The van der Waals surface area contributed by atoms with Crippen molar-refractivity contribution >= 4 is 5.91 Å². The van der Waals surface area contributed by atoms with Gasteiger partial charge in [0.05, 0.1) is 20.3 Å². The Hall–Kier alpha value is -2.49. The third-order valence-electron chi connectivity index (χ3n) is 4.24. The lowest BCUT2D eigenvalue weighted by Crippen LogP contribution is -2.26. The zero-order chi connectivity index (χ0) is 18.6. The van der Waals surface area contributed by atoms with Crippen LogP contribution in [0.15, 0.2) is 42.5 Å².